The van der Waals surface area contributed by atoms with Crippen LogP contribution < -0.4 is 0 Å². The first-order valence-electron chi connectivity index (χ1n) is 5.79. The predicted octanol–water partition coefficient (Wildman–Crippen LogP) is 2.92. The van der Waals surface area contributed by atoms with E-state index in [4.69, 9.17) is 9.68 Å². The third kappa shape index (κ3) is 3.73. The summed E-state index contributed by atoms with van der Waals surface area (Å²) in [7, 11) is 3.07. The van der Waals surface area contributed by atoms with Crippen LogP contribution in [-0.4, -0.2) is 25.6 Å². The molecule has 1 aliphatic carbocycles. The van der Waals surface area contributed by atoms with Crippen molar-refractivity contribution in [3.63, 3.8) is 0 Å². The zero-order valence-electron chi connectivity index (χ0n) is 10.9. The monoisotopic (exact) mass is 236 g/mol. The molecule has 1 atom stereocenters. The first-order valence-corrected chi connectivity index (χ1v) is 5.79. The molecule has 0 saturated heterocycles. The van der Waals surface area contributed by atoms with Crippen LogP contribution >= 0.6 is 0 Å². The molecule has 94 valence electrons. The standard InChI is InChI=1S/C13H20N2O2/c1-5-11-6-8-12(9-7-11)13(15-17-4)10(2)14-16-3/h6-8,12H,5,9H2,1-4H3/b14-10+,15-13-. The zero-order valence-corrected chi connectivity index (χ0v) is 10.9. The van der Waals surface area contributed by atoms with Crippen molar-refractivity contribution in [2.45, 2.75) is 26.7 Å². The molecule has 4 heteroatoms. The van der Waals surface area contributed by atoms with Crippen molar-refractivity contribution >= 4 is 11.4 Å². The van der Waals surface area contributed by atoms with Gasteiger partial charge in [0.2, 0.25) is 0 Å². The van der Waals surface area contributed by atoms with E-state index in [-0.39, 0.29) is 5.92 Å². The van der Waals surface area contributed by atoms with Crippen LogP contribution in [0.3, 0.4) is 0 Å². The first-order chi connectivity index (χ1) is 8.22. The molecule has 0 aliphatic heterocycles. The number of hydrogen-bond acceptors (Lipinski definition) is 4. The fourth-order valence-corrected chi connectivity index (χ4v) is 1.81. The van der Waals surface area contributed by atoms with Gasteiger partial charge in [-0.15, -0.1) is 0 Å². The minimum absolute atomic E-state index is 0.212. The van der Waals surface area contributed by atoms with Gasteiger partial charge in [-0.2, -0.15) is 0 Å². The van der Waals surface area contributed by atoms with Crippen molar-refractivity contribution in [2.24, 2.45) is 16.2 Å². The number of allylic oxidation sites excluding steroid dienone is 4. The summed E-state index contributed by atoms with van der Waals surface area (Å²) in [5.41, 5.74) is 2.92. The van der Waals surface area contributed by atoms with Crippen molar-refractivity contribution in [3.8, 4) is 0 Å². The van der Waals surface area contributed by atoms with Crippen LogP contribution in [0.15, 0.2) is 34.1 Å². The quantitative estimate of drug-likeness (QED) is 0.544. The van der Waals surface area contributed by atoms with Gasteiger partial charge < -0.3 is 9.68 Å². The van der Waals surface area contributed by atoms with Gasteiger partial charge in [0.1, 0.15) is 25.6 Å². The van der Waals surface area contributed by atoms with Gasteiger partial charge >= 0.3 is 0 Å². The molecular weight excluding hydrogens is 216 g/mol. The minimum Gasteiger partial charge on any atom is -0.399 e. The molecular formula is C13H20N2O2. The Labute approximate surface area is 103 Å². The predicted molar refractivity (Wildman–Crippen MR) is 70.2 cm³/mol. The van der Waals surface area contributed by atoms with Gasteiger partial charge in [0.15, 0.2) is 0 Å². The molecule has 0 radical (unpaired) electrons. The van der Waals surface area contributed by atoms with Crippen LogP contribution in [0.4, 0.5) is 0 Å². The highest BCUT2D eigenvalue weighted by molar-refractivity contribution is 6.42. The lowest BCUT2D eigenvalue weighted by atomic mass is 9.90. The fraction of sp³-hybridized carbons (Fsp3) is 0.538. The topological polar surface area (TPSA) is 43.2 Å². The van der Waals surface area contributed by atoms with Gasteiger partial charge in [-0.25, -0.2) is 0 Å². The summed E-state index contributed by atoms with van der Waals surface area (Å²) in [6.45, 7) is 4.02. The summed E-state index contributed by atoms with van der Waals surface area (Å²) >= 11 is 0. The molecule has 1 rings (SSSR count). The highest BCUT2D eigenvalue weighted by Gasteiger charge is 2.19. The van der Waals surface area contributed by atoms with E-state index in [1.165, 1.54) is 12.7 Å². The lowest BCUT2D eigenvalue weighted by Gasteiger charge is -2.17. The molecule has 17 heavy (non-hydrogen) atoms. The van der Waals surface area contributed by atoms with E-state index in [9.17, 15) is 0 Å². The summed E-state index contributed by atoms with van der Waals surface area (Å²) in [5.74, 6) is 0.212. The lowest BCUT2D eigenvalue weighted by molar-refractivity contribution is 0.208. The summed E-state index contributed by atoms with van der Waals surface area (Å²) < 4.78 is 0. The normalized spacial score (nSPS) is 21.2. The Balaban J connectivity index is 2.83. The van der Waals surface area contributed by atoms with E-state index in [0.29, 0.717) is 0 Å². The van der Waals surface area contributed by atoms with Crippen molar-refractivity contribution in [2.75, 3.05) is 14.2 Å². The van der Waals surface area contributed by atoms with Gasteiger partial charge in [0.25, 0.3) is 0 Å². The highest BCUT2D eigenvalue weighted by atomic mass is 16.6. The highest BCUT2D eigenvalue weighted by Crippen LogP contribution is 2.20. The molecule has 4 nitrogen and oxygen atoms in total. The SMILES string of the molecule is CCC1=CCC(C(=N\OC)/C(C)=N/OC)C=C1. The summed E-state index contributed by atoms with van der Waals surface area (Å²) in [4.78, 5) is 9.65. The van der Waals surface area contributed by atoms with Gasteiger partial charge in [-0.05, 0) is 19.8 Å². The number of hydrogen-bond donors (Lipinski definition) is 0. The average Bonchev–Trinajstić information content (AvgIpc) is 2.36. The van der Waals surface area contributed by atoms with Crippen LogP contribution in [0.25, 0.3) is 0 Å². The molecule has 0 amide bonds. The summed E-state index contributed by atoms with van der Waals surface area (Å²) in [6, 6.07) is 0. The van der Waals surface area contributed by atoms with Crippen LogP contribution in [0.2, 0.25) is 0 Å². The largest absolute Gasteiger partial charge is 0.399 e. The van der Waals surface area contributed by atoms with Crippen molar-refractivity contribution in [1.29, 1.82) is 0 Å². The summed E-state index contributed by atoms with van der Waals surface area (Å²) in [6.07, 6.45) is 8.50. The van der Waals surface area contributed by atoms with Crippen LogP contribution in [0.5, 0.6) is 0 Å². The average molecular weight is 236 g/mol. The molecule has 0 aromatic heterocycles. The second kappa shape index (κ2) is 6.89. The van der Waals surface area contributed by atoms with Crippen molar-refractivity contribution < 1.29 is 9.68 Å². The van der Waals surface area contributed by atoms with E-state index < -0.39 is 0 Å². The molecule has 0 saturated carbocycles. The lowest BCUT2D eigenvalue weighted by Crippen LogP contribution is -2.22. The van der Waals surface area contributed by atoms with E-state index in [1.807, 2.05) is 6.92 Å². The zero-order chi connectivity index (χ0) is 12.7. The van der Waals surface area contributed by atoms with Crippen LogP contribution in [0.1, 0.15) is 26.7 Å². The van der Waals surface area contributed by atoms with Gasteiger partial charge in [0, 0.05) is 5.92 Å². The Morgan fingerprint density at radius 3 is 2.53 bits per heavy atom. The number of oxime groups is 2. The molecule has 1 aliphatic rings. The Kier molecular flexibility index (Phi) is 5.46. The maximum absolute atomic E-state index is 4.87. The Morgan fingerprint density at radius 2 is 2.06 bits per heavy atom. The first kappa shape index (κ1) is 13.5. The van der Waals surface area contributed by atoms with E-state index in [1.54, 1.807) is 7.11 Å². The maximum atomic E-state index is 4.87. The third-order valence-corrected chi connectivity index (χ3v) is 2.72. The summed E-state index contributed by atoms with van der Waals surface area (Å²) in [5, 5.41) is 7.95. The molecule has 0 bridgehead atoms. The van der Waals surface area contributed by atoms with Gasteiger partial charge in [-0.3, -0.25) is 0 Å². The van der Waals surface area contributed by atoms with Gasteiger partial charge in [0.05, 0.1) is 0 Å². The van der Waals surface area contributed by atoms with Crippen molar-refractivity contribution in [1.82, 2.24) is 0 Å². The molecule has 0 aromatic rings. The number of rotatable bonds is 5. The third-order valence-electron chi connectivity index (χ3n) is 2.72. The second-order valence-electron chi connectivity index (χ2n) is 3.85. The molecule has 0 fully saturated rings. The molecule has 0 heterocycles. The second-order valence-corrected chi connectivity index (χ2v) is 3.85. The number of nitrogens with zero attached hydrogens (tertiary/aromatic N) is 2. The van der Waals surface area contributed by atoms with E-state index in [2.05, 4.69) is 35.5 Å². The minimum atomic E-state index is 0.212. The Hall–Kier alpha value is -1.58. The van der Waals surface area contributed by atoms with Crippen LogP contribution in [-0.2, 0) is 9.68 Å². The smallest absolute Gasteiger partial charge is 0.111 e. The molecule has 0 aromatic carbocycles. The van der Waals surface area contributed by atoms with Gasteiger partial charge in [-0.1, -0.05) is 41.0 Å². The molecule has 1 unspecified atom stereocenters. The molecule has 0 spiro atoms. The van der Waals surface area contributed by atoms with E-state index >= 15 is 0 Å². The Bertz CT molecular complexity index is 368. The maximum Gasteiger partial charge on any atom is 0.111 e. The molecule has 0 N–H and O–H groups in total. The fourth-order valence-electron chi connectivity index (χ4n) is 1.81. The van der Waals surface area contributed by atoms with Crippen molar-refractivity contribution in [3.05, 3.63) is 23.8 Å². The van der Waals surface area contributed by atoms with Crippen LogP contribution in [0, 0.1) is 5.92 Å². The van der Waals surface area contributed by atoms with E-state index in [0.717, 1.165) is 24.3 Å². The Morgan fingerprint density at radius 1 is 1.35 bits per heavy atom.